The highest BCUT2D eigenvalue weighted by molar-refractivity contribution is 5.61. The number of imidazole rings is 1. The van der Waals surface area contributed by atoms with Crippen LogP contribution in [0.4, 0.5) is 5.82 Å². The van der Waals surface area contributed by atoms with Gasteiger partial charge in [-0.2, -0.15) is 0 Å². The molecule has 0 unspecified atom stereocenters. The molecule has 2 aromatic rings. The number of aryl methyl sites for hydroxylation is 1. The van der Waals surface area contributed by atoms with Crippen LogP contribution < -0.4 is 5.73 Å². The largest absolute Gasteiger partial charge is 0.383 e. The van der Waals surface area contributed by atoms with E-state index in [-0.39, 0.29) is 0 Å². The smallest absolute Gasteiger partial charge is 0.126 e. The number of anilines is 1. The molecule has 29 heavy (non-hydrogen) atoms. The number of hydrogen-bond donors (Lipinski definition) is 1. The second-order valence-electron chi connectivity index (χ2n) is 9.74. The molecule has 1 aliphatic heterocycles. The van der Waals surface area contributed by atoms with Crippen LogP contribution in [-0.4, -0.2) is 51.8 Å². The van der Waals surface area contributed by atoms with Gasteiger partial charge in [-0.05, 0) is 49.7 Å². The minimum Gasteiger partial charge on any atom is -0.383 e. The van der Waals surface area contributed by atoms with Crippen LogP contribution in [0.2, 0.25) is 0 Å². The molecule has 0 atom stereocenters. The van der Waals surface area contributed by atoms with Gasteiger partial charge in [0.05, 0.1) is 18.9 Å². The van der Waals surface area contributed by atoms with E-state index in [2.05, 4.69) is 40.6 Å². The zero-order valence-electron chi connectivity index (χ0n) is 17.9. The van der Waals surface area contributed by atoms with E-state index in [9.17, 15) is 0 Å². The maximum absolute atomic E-state index is 5.90. The number of nitrogen functional groups attached to an aromatic ring is 1. The third kappa shape index (κ3) is 3.36. The van der Waals surface area contributed by atoms with E-state index in [4.69, 9.17) is 15.5 Å². The van der Waals surface area contributed by atoms with Crippen molar-refractivity contribution in [2.45, 2.75) is 64.5 Å². The van der Waals surface area contributed by atoms with Crippen LogP contribution >= 0.6 is 0 Å². The molecule has 6 nitrogen and oxygen atoms in total. The summed E-state index contributed by atoms with van der Waals surface area (Å²) in [5.74, 6) is 2.20. The second kappa shape index (κ2) is 7.10. The van der Waals surface area contributed by atoms with Gasteiger partial charge in [0.15, 0.2) is 0 Å². The Balaban J connectivity index is 1.29. The molecular weight excluding hydrogens is 362 g/mol. The number of nitrogens with zero attached hydrogens (tertiary/aromatic N) is 4. The lowest BCUT2D eigenvalue weighted by Gasteiger charge is -2.60. The minimum absolute atomic E-state index is 0.408. The molecule has 6 heteroatoms. The minimum atomic E-state index is 0.408. The Morgan fingerprint density at radius 2 is 1.83 bits per heavy atom. The maximum Gasteiger partial charge on any atom is 0.126 e. The van der Waals surface area contributed by atoms with Crippen LogP contribution in [0.25, 0.3) is 11.3 Å². The molecule has 2 aliphatic carbocycles. The van der Waals surface area contributed by atoms with Gasteiger partial charge < -0.3 is 15.0 Å². The second-order valence-corrected chi connectivity index (χ2v) is 9.74. The molecule has 2 aromatic heterocycles. The van der Waals surface area contributed by atoms with Crippen molar-refractivity contribution in [2.24, 2.45) is 5.41 Å². The maximum atomic E-state index is 5.90. The summed E-state index contributed by atoms with van der Waals surface area (Å²) in [4.78, 5) is 12.0. The predicted molar refractivity (Wildman–Crippen MR) is 115 cm³/mol. The van der Waals surface area contributed by atoms with E-state index in [1.165, 1.54) is 31.5 Å². The molecule has 0 radical (unpaired) electrons. The first-order valence-corrected chi connectivity index (χ1v) is 11.1. The summed E-state index contributed by atoms with van der Waals surface area (Å²) < 4.78 is 7.97. The molecule has 0 aromatic carbocycles. The summed E-state index contributed by atoms with van der Waals surface area (Å²) in [6.07, 6.45) is 9.41. The zero-order chi connectivity index (χ0) is 20.2. The van der Waals surface area contributed by atoms with Crippen molar-refractivity contribution in [3.63, 3.8) is 0 Å². The van der Waals surface area contributed by atoms with Crippen LogP contribution in [0.15, 0.2) is 18.5 Å². The number of hydrogen-bond acceptors (Lipinski definition) is 5. The van der Waals surface area contributed by atoms with E-state index in [1.807, 2.05) is 13.1 Å². The number of aromatic nitrogens is 3. The van der Waals surface area contributed by atoms with Gasteiger partial charge in [-0.3, -0.25) is 4.90 Å². The molecular formula is C23H33N5O. The third-order valence-corrected chi connectivity index (χ3v) is 7.32. The van der Waals surface area contributed by atoms with Crippen LogP contribution in [0.5, 0.6) is 0 Å². The van der Waals surface area contributed by atoms with E-state index in [0.717, 1.165) is 49.2 Å². The summed E-state index contributed by atoms with van der Waals surface area (Å²) in [5, 5.41) is 0. The van der Waals surface area contributed by atoms with Crippen molar-refractivity contribution < 1.29 is 4.74 Å². The van der Waals surface area contributed by atoms with Gasteiger partial charge >= 0.3 is 0 Å². The first-order chi connectivity index (χ1) is 13.9. The van der Waals surface area contributed by atoms with Gasteiger partial charge in [0, 0.05) is 49.0 Å². The average molecular weight is 396 g/mol. The summed E-state index contributed by atoms with van der Waals surface area (Å²) >= 11 is 0. The number of ether oxygens (including phenoxy) is 1. The van der Waals surface area contributed by atoms with Gasteiger partial charge in [-0.15, -0.1) is 0 Å². The quantitative estimate of drug-likeness (QED) is 0.853. The molecule has 1 saturated heterocycles. The molecule has 1 spiro atoms. The average Bonchev–Trinajstić information content (AvgIpc) is 3.08. The van der Waals surface area contributed by atoms with E-state index in [1.54, 1.807) is 0 Å². The lowest BCUT2D eigenvalue weighted by molar-refractivity contribution is -0.103. The van der Waals surface area contributed by atoms with Crippen LogP contribution in [0, 0.1) is 12.3 Å². The Hall–Kier alpha value is -1.92. The van der Waals surface area contributed by atoms with Gasteiger partial charge in [0.25, 0.3) is 0 Å². The lowest BCUT2D eigenvalue weighted by atomic mass is 9.51. The topological polar surface area (TPSA) is 69.2 Å². The summed E-state index contributed by atoms with van der Waals surface area (Å²) in [6.45, 7) is 10.5. The van der Waals surface area contributed by atoms with Crippen LogP contribution in [0.3, 0.4) is 0 Å². The number of rotatable bonds is 4. The van der Waals surface area contributed by atoms with Gasteiger partial charge in [0.1, 0.15) is 11.6 Å². The van der Waals surface area contributed by atoms with E-state index in [0.29, 0.717) is 23.2 Å². The fraction of sp³-hybridized carbons (Fsp3) is 0.652. The number of pyridine rings is 1. The molecule has 3 heterocycles. The predicted octanol–water partition coefficient (Wildman–Crippen LogP) is 3.78. The standard InChI is InChI=1S/C23H33N5O/c1-15(2)22-26-20(17-8-16(3)21(24)25-13-17)14-28(22)19-11-23(12-19)9-18(10-23)27-4-6-29-7-5-27/h8,13-15,18-19H,4-7,9-12H2,1-3H3,(H2,24,25). The van der Waals surface area contributed by atoms with Crippen molar-refractivity contribution in [1.82, 2.24) is 19.4 Å². The molecule has 2 saturated carbocycles. The molecule has 5 rings (SSSR count). The summed E-state index contributed by atoms with van der Waals surface area (Å²) in [6, 6.07) is 3.47. The first-order valence-electron chi connectivity index (χ1n) is 11.1. The van der Waals surface area contributed by atoms with Crippen molar-refractivity contribution in [3.05, 3.63) is 29.8 Å². The van der Waals surface area contributed by atoms with Gasteiger partial charge in [-0.25, -0.2) is 9.97 Å². The third-order valence-electron chi connectivity index (χ3n) is 7.32. The lowest BCUT2D eigenvalue weighted by Crippen LogP contribution is -2.58. The fourth-order valence-electron chi connectivity index (χ4n) is 5.60. The van der Waals surface area contributed by atoms with Crippen molar-refractivity contribution in [2.75, 3.05) is 32.0 Å². The monoisotopic (exact) mass is 395 g/mol. The molecule has 2 N–H and O–H groups in total. The summed E-state index contributed by atoms with van der Waals surface area (Å²) in [7, 11) is 0. The van der Waals surface area contributed by atoms with Crippen LogP contribution in [-0.2, 0) is 4.74 Å². The zero-order valence-corrected chi connectivity index (χ0v) is 17.9. The molecule has 3 aliphatic rings. The SMILES string of the molecule is Cc1cc(-c2cn(C3CC4(CC(N5CCOCC5)C4)C3)c(C(C)C)n2)cnc1N. The number of morpholine rings is 1. The van der Waals surface area contributed by atoms with Crippen molar-refractivity contribution in [3.8, 4) is 11.3 Å². The van der Waals surface area contributed by atoms with E-state index >= 15 is 0 Å². The molecule has 0 amide bonds. The molecule has 0 bridgehead atoms. The molecule has 156 valence electrons. The Morgan fingerprint density at radius 1 is 1.14 bits per heavy atom. The summed E-state index contributed by atoms with van der Waals surface area (Å²) in [5.41, 5.74) is 9.56. The van der Waals surface area contributed by atoms with Gasteiger partial charge in [0.2, 0.25) is 0 Å². The van der Waals surface area contributed by atoms with Crippen molar-refractivity contribution in [1.29, 1.82) is 0 Å². The van der Waals surface area contributed by atoms with Crippen LogP contribution in [0.1, 0.15) is 62.9 Å². The Bertz CT molecular complexity index is 885. The highest BCUT2D eigenvalue weighted by Gasteiger charge is 2.55. The Morgan fingerprint density at radius 3 is 2.48 bits per heavy atom. The Labute approximate surface area is 173 Å². The molecule has 3 fully saturated rings. The highest BCUT2D eigenvalue weighted by atomic mass is 16.5. The normalized spacial score (nSPS) is 29.8. The highest BCUT2D eigenvalue weighted by Crippen LogP contribution is 2.62. The van der Waals surface area contributed by atoms with Gasteiger partial charge in [-0.1, -0.05) is 13.8 Å². The van der Waals surface area contributed by atoms with E-state index < -0.39 is 0 Å². The number of nitrogens with two attached hydrogens (primary N) is 1. The fourth-order valence-corrected chi connectivity index (χ4v) is 5.60. The van der Waals surface area contributed by atoms with Crippen molar-refractivity contribution >= 4 is 5.82 Å². The Kier molecular flexibility index (Phi) is 4.67. The first kappa shape index (κ1) is 19.1.